The normalized spacial score (nSPS) is 16.5. The molecular formula is C29H29NO7. The molecule has 3 aromatic rings. The van der Waals surface area contributed by atoms with Crippen LogP contribution in [0.5, 0.6) is 23.0 Å². The van der Waals surface area contributed by atoms with Gasteiger partial charge in [0.25, 0.3) is 11.7 Å². The number of benzene rings is 3. The minimum atomic E-state index is -0.888. The number of amides is 1. The van der Waals surface area contributed by atoms with Crippen LogP contribution in [0, 0.1) is 0 Å². The van der Waals surface area contributed by atoms with Crippen molar-refractivity contribution in [1.82, 2.24) is 4.90 Å². The van der Waals surface area contributed by atoms with Crippen molar-refractivity contribution in [2.24, 2.45) is 0 Å². The number of aliphatic hydroxyl groups is 1. The second-order valence-electron chi connectivity index (χ2n) is 8.31. The zero-order valence-electron chi connectivity index (χ0n) is 21.2. The summed E-state index contributed by atoms with van der Waals surface area (Å²) in [5.41, 5.74) is 1.64. The van der Waals surface area contributed by atoms with Crippen LogP contribution < -0.4 is 18.9 Å². The molecule has 8 heteroatoms. The quantitative estimate of drug-likeness (QED) is 0.256. The van der Waals surface area contributed by atoms with E-state index in [0.29, 0.717) is 40.7 Å². The van der Waals surface area contributed by atoms with E-state index in [2.05, 4.69) is 0 Å². The largest absolute Gasteiger partial charge is 0.507 e. The van der Waals surface area contributed by atoms with Crippen LogP contribution in [0.3, 0.4) is 0 Å². The minimum Gasteiger partial charge on any atom is -0.507 e. The number of methoxy groups -OCH3 is 3. The molecule has 192 valence electrons. The van der Waals surface area contributed by atoms with Crippen LogP contribution in [0.2, 0.25) is 0 Å². The Balaban J connectivity index is 1.90. The summed E-state index contributed by atoms with van der Waals surface area (Å²) in [7, 11) is 4.58. The van der Waals surface area contributed by atoms with Gasteiger partial charge in [0.05, 0.1) is 46.1 Å². The molecule has 1 amide bonds. The number of carbonyl (C=O) groups excluding carboxylic acids is 2. The maximum atomic E-state index is 13.4. The highest BCUT2D eigenvalue weighted by atomic mass is 16.5. The predicted molar refractivity (Wildman–Crippen MR) is 138 cm³/mol. The summed E-state index contributed by atoms with van der Waals surface area (Å²) in [5, 5.41) is 11.4. The summed E-state index contributed by atoms with van der Waals surface area (Å²) >= 11 is 0. The number of hydrogen-bond donors (Lipinski definition) is 1. The van der Waals surface area contributed by atoms with E-state index >= 15 is 0 Å². The number of hydrogen-bond acceptors (Lipinski definition) is 7. The molecule has 37 heavy (non-hydrogen) atoms. The first-order valence-corrected chi connectivity index (χ1v) is 11.8. The van der Waals surface area contributed by atoms with E-state index in [1.165, 1.54) is 19.1 Å². The van der Waals surface area contributed by atoms with Gasteiger partial charge in [0.2, 0.25) is 0 Å². The average Bonchev–Trinajstić information content (AvgIpc) is 3.17. The number of likely N-dealkylation sites (tertiary alicyclic amines) is 1. The summed E-state index contributed by atoms with van der Waals surface area (Å²) < 4.78 is 21.9. The van der Waals surface area contributed by atoms with Crippen molar-refractivity contribution in [2.75, 3.05) is 27.9 Å². The van der Waals surface area contributed by atoms with E-state index in [9.17, 15) is 14.7 Å². The van der Waals surface area contributed by atoms with Crippen LogP contribution >= 0.6 is 0 Å². The Hall–Kier alpha value is -4.46. The molecule has 4 rings (SSSR count). The Morgan fingerprint density at radius 2 is 1.59 bits per heavy atom. The van der Waals surface area contributed by atoms with Gasteiger partial charge in [0.1, 0.15) is 17.3 Å². The second kappa shape index (κ2) is 11.1. The van der Waals surface area contributed by atoms with Crippen molar-refractivity contribution in [2.45, 2.75) is 19.5 Å². The number of ketones is 1. The topological polar surface area (TPSA) is 94.5 Å². The molecule has 1 atom stereocenters. The SMILES string of the molecule is CCOc1cccc(/C(O)=C2/C(=O)C(=O)N(Cc3ccccc3OC)C2c2ccc(OC)c(OC)c2)c1. The molecule has 0 aromatic heterocycles. The lowest BCUT2D eigenvalue weighted by atomic mass is 9.94. The van der Waals surface area contributed by atoms with E-state index in [0.717, 1.165) is 5.56 Å². The third-order valence-electron chi connectivity index (χ3n) is 6.21. The van der Waals surface area contributed by atoms with Crippen LogP contribution in [-0.2, 0) is 16.1 Å². The number of carbonyl (C=O) groups is 2. The van der Waals surface area contributed by atoms with Crippen molar-refractivity contribution < 1.29 is 33.6 Å². The van der Waals surface area contributed by atoms with Gasteiger partial charge in [-0.15, -0.1) is 0 Å². The average molecular weight is 504 g/mol. The number of rotatable bonds is 9. The number of aliphatic hydroxyl groups excluding tert-OH is 1. The second-order valence-corrected chi connectivity index (χ2v) is 8.31. The van der Waals surface area contributed by atoms with Gasteiger partial charge < -0.3 is 29.0 Å². The first kappa shape index (κ1) is 25.6. The molecule has 1 heterocycles. The summed E-state index contributed by atoms with van der Waals surface area (Å²) in [4.78, 5) is 28.2. The van der Waals surface area contributed by atoms with Gasteiger partial charge in [-0.3, -0.25) is 9.59 Å². The van der Waals surface area contributed by atoms with Crippen molar-refractivity contribution in [3.63, 3.8) is 0 Å². The fourth-order valence-corrected chi connectivity index (χ4v) is 4.48. The molecule has 1 aliphatic rings. The van der Waals surface area contributed by atoms with Gasteiger partial charge in [-0.05, 0) is 42.8 Å². The van der Waals surface area contributed by atoms with Crippen molar-refractivity contribution >= 4 is 17.4 Å². The zero-order chi connectivity index (χ0) is 26.5. The van der Waals surface area contributed by atoms with Crippen LogP contribution in [0.1, 0.15) is 29.7 Å². The molecule has 0 spiro atoms. The van der Waals surface area contributed by atoms with E-state index in [4.69, 9.17) is 18.9 Å². The van der Waals surface area contributed by atoms with E-state index in [1.54, 1.807) is 55.6 Å². The van der Waals surface area contributed by atoms with Gasteiger partial charge >= 0.3 is 0 Å². The fourth-order valence-electron chi connectivity index (χ4n) is 4.48. The first-order chi connectivity index (χ1) is 17.9. The monoisotopic (exact) mass is 503 g/mol. The highest BCUT2D eigenvalue weighted by molar-refractivity contribution is 6.46. The van der Waals surface area contributed by atoms with Gasteiger partial charge in [-0.2, -0.15) is 0 Å². The number of ether oxygens (including phenoxy) is 4. The van der Waals surface area contributed by atoms with Crippen molar-refractivity contribution in [3.8, 4) is 23.0 Å². The van der Waals surface area contributed by atoms with E-state index in [-0.39, 0.29) is 17.9 Å². The Kier molecular flexibility index (Phi) is 7.67. The molecule has 0 radical (unpaired) electrons. The van der Waals surface area contributed by atoms with Gasteiger partial charge in [0, 0.05) is 11.1 Å². The summed E-state index contributed by atoms with van der Waals surface area (Å²) in [6, 6.07) is 18.3. The Bertz CT molecular complexity index is 1350. The number of para-hydroxylation sites is 1. The van der Waals surface area contributed by atoms with E-state index in [1.807, 2.05) is 25.1 Å². The van der Waals surface area contributed by atoms with Crippen LogP contribution in [0.25, 0.3) is 5.76 Å². The van der Waals surface area contributed by atoms with Gasteiger partial charge in [0.15, 0.2) is 11.5 Å². The van der Waals surface area contributed by atoms with Crippen LogP contribution in [-0.4, -0.2) is 49.6 Å². The third kappa shape index (κ3) is 4.95. The van der Waals surface area contributed by atoms with Crippen molar-refractivity contribution in [3.05, 3.63) is 89.0 Å². The molecule has 0 bridgehead atoms. The minimum absolute atomic E-state index is 0.0271. The third-order valence-corrected chi connectivity index (χ3v) is 6.21. The molecule has 1 aliphatic heterocycles. The fraction of sp³-hybridized carbons (Fsp3) is 0.241. The standard InChI is InChI=1S/C29H29NO7/c1-5-37-21-11-8-10-19(15-21)27(31)25-26(18-13-14-23(35-3)24(16-18)36-4)30(29(33)28(25)32)17-20-9-6-7-12-22(20)34-2/h6-16,26,31H,5,17H2,1-4H3/b27-25-. The first-order valence-electron chi connectivity index (χ1n) is 11.8. The maximum absolute atomic E-state index is 13.4. The lowest BCUT2D eigenvalue weighted by Crippen LogP contribution is -2.29. The molecular weight excluding hydrogens is 474 g/mol. The van der Waals surface area contributed by atoms with Crippen LogP contribution in [0.4, 0.5) is 0 Å². The molecule has 1 unspecified atom stereocenters. The van der Waals surface area contributed by atoms with Crippen molar-refractivity contribution in [1.29, 1.82) is 0 Å². The van der Waals surface area contributed by atoms with Crippen LogP contribution in [0.15, 0.2) is 72.3 Å². The maximum Gasteiger partial charge on any atom is 0.295 e. The summed E-state index contributed by atoms with van der Waals surface area (Å²) in [5.74, 6) is 0.250. The highest BCUT2D eigenvalue weighted by Crippen LogP contribution is 2.43. The zero-order valence-corrected chi connectivity index (χ0v) is 21.2. The molecule has 0 aliphatic carbocycles. The van der Waals surface area contributed by atoms with Gasteiger partial charge in [-0.25, -0.2) is 0 Å². The number of Topliss-reactive ketones (excluding diaryl/α,β-unsaturated/α-hetero) is 1. The number of nitrogens with zero attached hydrogens (tertiary/aromatic N) is 1. The molecule has 1 saturated heterocycles. The molecule has 8 nitrogen and oxygen atoms in total. The summed E-state index contributed by atoms with van der Waals surface area (Å²) in [6.45, 7) is 2.38. The summed E-state index contributed by atoms with van der Waals surface area (Å²) in [6.07, 6.45) is 0. The predicted octanol–water partition coefficient (Wildman–Crippen LogP) is 4.73. The van der Waals surface area contributed by atoms with Gasteiger partial charge in [-0.1, -0.05) is 36.4 Å². The lowest BCUT2D eigenvalue weighted by molar-refractivity contribution is -0.140. The Labute approximate surface area is 215 Å². The van der Waals surface area contributed by atoms with E-state index < -0.39 is 17.7 Å². The highest BCUT2D eigenvalue weighted by Gasteiger charge is 2.46. The molecule has 1 N–H and O–H groups in total. The molecule has 0 saturated carbocycles. The lowest BCUT2D eigenvalue weighted by Gasteiger charge is -2.26. The Morgan fingerprint density at radius 1 is 0.865 bits per heavy atom. The Morgan fingerprint density at radius 3 is 2.30 bits per heavy atom. The smallest absolute Gasteiger partial charge is 0.295 e. The molecule has 1 fully saturated rings. The molecule has 3 aromatic carbocycles.